The van der Waals surface area contributed by atoms with E-state index in [0.29, 0.717) is 25.5 Å². The third kappa shape index (κ3) is 4.58. The minimum atomic E-state index is -0.553. The van der Waals surface area contributed by atoms with E-state index >= 15 is 0 Å². The minimum absolute atomic E-state index is 0.123. The van der Waals surface area contributed by atoms with Crippen molar-refractivity contribution in [3.63, 3.8) is 0 Å². The molecular weight excluding hydrogens is 328 g/mol. The van der Waals surface area contributed by atoms with E-state index in [1.54, 1.807) is 18.3 Å². The maximum atomic E-state index is 11.5. The van der Waals surface area contributed by atoms with Crippen LogP contribution in [0.2, 0.25) is 0 Å². The molecule has 2 aromatic rings. The fraction of sp³-hybridized carbons (Fsp3) is 0.400. The fourth-order valence-corrected chi connectivity index (χ4v) is 2.41. The Bertz CT molecular complexity index is 708. The third-order valence-corrected chi connectivity index (χ3v) is 3.64. The summed E-state index contributed by atoms with van der Waals surface area (Å²) in [7, 11) is 0. The van der Waals surface area contributed by atoms with Crippen molar-refractivity contribution in [2.24, 2.45) is 0 Å². The molecule has 2 aromatic heterocycles. The molecule has 0 radical (unpaired) electrons. The van der Waals surface area contributed by atoms with Crippen LogP contribution < -0.4 is 10.1 Å². The van der Waals surface area contributed by atoms with Crippen LogP contribution in [0, 0.1) is 10.1 Å². The highest BCUT2D eigenvalue weighted by Gasteiger charge is 2.25. The molecule has 10 nitrogen and oxygen atoms in total. The third-order valence-electron chi connectivity index (χ3n) is 3.64. The van der Waals surface area contributed by atoms with E-state index in [1.807, 2.05) is 0 Å². The van der Waals surface area contributed by atoms with Crippen LogP contribution in [0.5, 0.6) is 11.6 Å². The van der Waals surface area contributed by atoms with E-state index in [0.717, 1.165) is 19.6 Å². The predicted octanol–water partition coefficient (Wildman–Crippen LogP) is 1.32. The Hall–Kier alpha value is -2.85. The summed E-state index contributed by atoms with van der Waals surface area (Å²) < 4.78 is 10.8. The molecule has 0 unspecified atom stereocenters. The molecular formula is C15H18N6O4. The molecule has 10 heteroatoms. The summed E-state index contributed by atoms with van der Waals surface area (Å²) >= 11 is 0. The van der Waals surface area contributed by atoms with Crippen molar-refractivity contribution < 1.29 is 14.4 Å². The van der Waals surface area contributed by atoms with E-state index in [1.165, 1.54) is 12.5 Å². The molecule has 1 N–H and O–H groups in total. The number of ether oxygens (including phenoxy) is 2. The number of hydrogen-bond acceptors (Lipinski definition) is 9. The van der Waals surface area contributed by atoms with Gasteiger partial charge in [-0.3, -0.25) is 20.0 Å². The van der Waals surface area contributed by atoms with Crippen molar-refractivity contribution in [2.75, 3.05) is 44.7 Å². The van der Waals surface area contributed by atoms with E-state index in [2.05, 4.69) is 25.2 Å². The molecule has 1 aliphatic heterocycles. The second-order valence-corrected chi connectivity index (χ2v) is 5.30. The first-order valence-electron chi connectivity index (χ1n) is 7.85. The summed E-state index contributed by atoms with van der Waals surface area (Å²) in [5.74, 6) is 0.373. The van der Waals surface area contributed by atoms with Gasteiger partial charge in [-0.1, -0.05) is 0 Å². The van der Waals surface area contributed by atoms with Crippen molar-refractivity contribution in [2.45, 2.75) is 0 Å². The normalized spacial score (nSPS) is 14.9. The lowest BCUT2D eigenvalue weighted by Gasteiger charge is -2.26. The van der Waals surface area contributed by atoms with Crippen LogP contribution in [-0.2, 0) is 4.74 Å². The average molecular weight is 346 g/mol. The lowest BCUT2D eigenvalue weighted by Crippen LogP contribution is -2.39. The lowest BCUT2D eigenvalue weighted by atomic mass is 10.4. The lowest BCUT2D eigenvalue weighted by molar-refractivity contribution is -0.385. The van der Waals surface area contributed by atoms with Crippen LogP contribution in [0.1, 0.15) is 0 Å². The maximum absolute atomic E-state index is 11.5. The highest BCUT2D eigenvalue weighted by molar-refractivity contribution is 5.61. The van der Waals surface area contributed by atoms with Gasteiger partial charge in [0.05, 0.1) is 24.3 Å². The standard InChI is InChI=1S/C15H18N6O4/c22-21(23)13-14(17-4-5-20-6-8-24-9-7-20)18-11-19-15(13)25-12-2-1-3-16-10-12/h1-3,10-11H,4-9H2,(H,17,18,19). The van der Waals surface area contributed by atoms with Gasteiger partial charge in [0.15, 0.2) is 0 Å². The van der Waals surface area contributed by atoms with Crippen LogP contribution in [0.25, 0.3) is 0 Å². The fourth-order valence-electron chi connectivity index (χ4n) is 2.41. The van der Waals surface area contributed by atoms with Crippen molar-refractivity contribution in [1.29, 1.82) is 0 Å². The first kappa shape index (κ1) is 17.0. The number of pyridine rings is 1. The molecule has 25 heavy (non-hydrogen) atoms. The highest BCUT2D eigenvalue weighted by Crippen LogP contribution is 2.33. The zero-order valence-electron chi connectivity index (χ0n) is 13.5. The van der Waals surface area contributed by atoms with Crippen molar-refractivity contribution in [3.8, 4) is 11.6 Å². The molecule has 3 heterocycles. The number of morpholine rings is 1. The van der Waals surface area contributed by atoms with Crippen LogP contribution in [0.3, 0.4) is 0 Å². The zero-order chi connectivity index (χ0) is 17.5. The van der Waals surface area contributed by atoms with Gasteiger partial charge >= 0.3 is 11.6 Å². The molecule has 0 aromatic carbocycles. The van der Waals surface area contributed by atoms with Gasteiger partial charge in [-0.15, -0.1) is 0 Å². The molecule has 0 atom stereocenters. The Morgan fingerprint density at radius 1 is 1.36 bits per heavy atom. The predicted molar refractivity (Wildman–Crippen MR) is 88.7 cm³/mol. The summed E-state index contributed by atoms with van der Waals surface area (Å²) in [5.41, 5.74) is -0.298. The van der Waals surface area contributed by atoms with Gasteiger partial charge in [-0.2, -0.15) is 4.98 Å². The van der Waals surface area contributed by atoms with Gasteiger partial charge in [0.2, 0.25) is 5.82 Å². The Labute approximate surface area is 144 Å². The summed E-state index contributed by atoms with van der Waals surface area (Å²) in [4.78, 5) is 24.9. The zero-order valence-corrected chi connectivity index (χ0v) is 13.5. The number of aromatic nitrogens is 3. The average Bonchev–Trinajstić information content (AvgIpc) is 2.63. The first-order chi connectivity index (χ1) is 12.2. The Morgan fingerprint density at radius 3 is 2.92 bits per heavy atom. The number of anilines is 1. The SMILES string of the molecule is O=[N+]([O-])c1c(NCCN2CCOCC2)ncnc1Oc1cccnc1. The molecule has 1 saturated heterocycles. The van der Waals surface area contributed by atoms with E-state index < -0.39 is 4.92 Å². The Kier molecular flexibility index (Phi) is 5.65. The van der Waals surface area contributed by atoms with Gasteiger partial charge in [-0.05, 0) is 12.1 Å². The van der Waals surface area contributed by atoms with E-state index in [9.17, 15) is 10.1 Å². The highest BCUT2D eigenvalue weighted by atomic mass is 16.6. The molecule has 0 amide bonds. The van der Waals surface area contributed by atoms with E-state index in [-0.39, 0.29) is 17.4 Å². The van der Waals surface area contributed by atoms with Crippen LogP contribution in [0.15, 0.2) is 30.9 Å². The van der Waals surface area contributed by atoms with Gasteiger partial charge in [-0.25, -0.2) is 4.98 Å². The maximum Gasteiger partial charge on any atom is 0.373 e. The monoisotopic (exact) mass is 346 g/mol. The second-order valence-electron chi connectivity index (χ2n) is 5.30. The summed E-state index contributed by atoms with van der Waals surface area (Å²) in [6.45, 7) is 4.37. The number of rotatable bonds is 7. The Morgan fingerprint density at radius 2 is 2.20 bits per heavy atom. The van der Waals surface area contributed by atoms with Crippen LogP contribution in [-0.4, -0.2) is 64.2 Å². The van der Waals surface area contributed by atoms with Gasteiger partial charge < -0.3 is 14.8 Å². The number of nitrogens with one attached hydrogen (secondary N) is 1. The van der Waals surface area contributed by atoms with Gasteiger partial charge in [0.25, 0.3) is 0 Å². The molecule has 132 valence electrons. The van der Waals surface area contributed by atoms with Crippen molar-refractivity contribution in [1.82, 2.24) is 19.9 Å². The van der Waals surface area contributed by atoms with Crippen LogP contribution in [0.4, 0.5) is 11.5 Å². The number of nitro groups is 1. The largest absolute Gasteiger partial charge is 0.432 e. The van der Waals surface area contributed by atoms with Crippen molar-refractivity contribution in [3.05, 3.63) is 41.0 Å². The number of hydrogen-bond donors (Lipinski definition) is 1. The molecule has 0 spiro atoms. The molecule has 0 aliphatic carbocycles. The molecule has 0 bridgehead atoms. The topological polar surface area (TPSA) is 116 Å². The smallest absolute Gasteiger partial charge is 0.373 e. The molecule has 1 fully saturated rings. The first-order valence-corrected chi connectivity index (χ1v) is 7.85. The second kappa shape index (κ2) is 8.31. The van der Waals surface area contributed by atoms with Gasteiger partial charge in [0.1, 0.15) is 12.1 Å². The molecule has 3 rings (SSSR count). The number of nitrogens with zero attached hydrogens (tertiary/aromatic N) is 5. The van der Waals surface area contributed by atoms with Crippen LogP contribution >= 0.6 is 0 Å². The molecule has 0 saturated carbocycles. The quantitative estimate of drug-likeness (QED) is 0.585. The van der Waals surface area contributed by atoms with Gasteiger partial charge in [0, 0.05) is 32.4 Å². The van der Waals surface area contributed by atoms with E-state index in [4.69, 9.17) is 9.47 Å². The Balaban J connectivity index is 1.70. The summed E-state index contributed by atoms with van der Waals surface area (Å²) in [6.07, 6.45) is 4.27. The molecule has 1 aliphatic rings. The summed E-state index contributed by atoms with van der Waals surface area (Å²) in [5, 5.41) is 14.5. The van der Waals surface area contributed by atoms with Crippen molar-refractivity contribution >= 4 is 11.5 Å². The minimum Gasteiger partial charge on any atom is -0.432 e. The summed E-state index contributed by atoms with van der Waals surface area (Å²) in [6, 6.07) is 3.31.